The topological polar surface area (TPSA) is 86.8 Å². The van der Waals surface area contributed by atoms with Crippen LogP contribution in [0.5, 0.6) is 0 Å². The Labute approximate surface area is 187 Å². The zero-order valence-corrected chi connectivity index (χ0v) is 18.5. The summed E-state index contributed by atoms with van der Waals surface area (Å²) >= 11 is 0. The van der Waals surface area contributed by atoms with Gasteiger partial charge in [-0.15, -0.1) is 0 Å². The third kappa shape index (κ3) is 4.10. The fraction of sp³-hybridized carbons (Fsp3) is 0.522. The first kappa shape index (κ1) is 21.0. The Bertz CT molecular complexity index is 1080. The number of pyridine rings is 2. The van der Waals surface area contributed by atoms with Crippen LogP contribution in [0.3, 0.4) is 0 Å². The summed E-state index contributed by atoms with van der Waals surface area (Å²) < 4.78 is 10.9. The predicted molar refractivity (Wildman–Crippen MR) is 123 cm³/mol. The highest BCUT2D eigenvalue weighted by atomic mass is 16.5. The van der Waals surface area contributed by atoms with Gasteiger partial charge in [0.2, 0.25) is 0 Å². The van der Waals surface area contributed by atoms with Crippen LogP contribution in [0.1, 0.15) is 12.8 Å². The van der Waals surface area contributed by atoms with Gasteiger partial charge in [0.25, 0.3) is 0 Å². The summed E-state index contributed by atoms with van der Waals surface area (Å²) in [5, 5.41) is 2.20. The van der Waals surface area contributed by atoms with Crippen LogP contribution in [0.25, 0.3) is 21.9 Å². The summed E-state index contributed by atoms with van der Waals surface area (Å²) in [5.74, 6) is 0. The minimum atomic E-state index is 0.102. The van der Waals surface area contributed by atoms with Gasteiger partial charge in [-0.25, -0.2) is 14.8 Å². The van der Waals surface area contributed by atoms with Gasteiger partial charge >= 0.3 is 6.03 Å². The number of hydrogen-bond acceptors (Lipinski definition) is 6. The molecule has 2 aliphatic rings. The lowest BCUT2D eigenvalue weighted by Gasteiger charge is -2.41. The van der Waals surface area contributed by atoms with Gasteiger partial charge in [0, 0.05) is 75.2 Å². The molecule has 9 heteroatoms. The smallest absolute Gasteiger partial charge is 0.320 e. The van der Waals surface area contributed by atoms with Crippen LogP contribution in [0.15, 0.2) is 30.7 Å². The van der Waals surface area contributed by atoms with Crippen LogP contribution in [-0.4, -0.2) is 96.5 Å². The number of anilines is 1. The normalized spacial score (nSPS) is 19.8. The van der Waals surface area contributed by atoms with Crippen molar-refractivity contribution in [1.29, 1.82) is 0 Å². The Morgan fingerprint density at radius 1 is 1.12 bits per heavy atom. The number of aromatic amines is 1. The molecule has 1 atom stereocenters. The van der Waals surface area contributed by atoms with Crippen molar-refractivity contribution < 1.29 is 14.3 Å². The molecular weight excluding hydrogens is 408 g/mol. The summed E-state index contributed by atoms with van der Waals surface area (Å²) in [6.45, 7) is 5.63. The van der Waals surface area contributed by atoms with E-state index in [4.69, 9.17) is 9.47 Å². The number of hydrogen-bond donors (Lipinski definition) is 1. The second-order valence-electron chi connectivity index (χ2n) is 8.42. The molecule has 3 aromatic rings. The molecule has 0 aliphatic carbocycles. The van der Waals surface area contributed by atoms with E-state index in [0.717, 1.165) is 60.1 Å². The second-order valence-corrected chi connectivity index (χ2v) is 8.42. The van der Waals surface area contributed by atoms with Gasteiger partial charge in [0.05, 0.1) is 31.0 Å². The molecule has 1 unspecified atom stereocenters. The van der Waals surface area contributed by atoms with E-state index in [1.807, 2.05) is 28.3 Å². The summed E-state index contributed by atoms with van der Waals surface area (Å²) in [6.07, 6.45) is 7.68. The minimum absolute atomic E-state index is 0.102. The maximum atomic E-state index is 13.2. The molecule has 5 rings (SSSR count). The third-order valence-corrected chi connectivity index (χ3v) is 6.45. The van der Waals surface area contributed by atoms with Gasteiger partial charge in [0.15, 0.2) is 5.65 Å². The molecule has 5 heterocycles. The molecule has 2 fully saturated rings. The molecule has 2 amide bonds. The van der Waals surface area contributed by atoms with E-state index in [2.05, 4.69) is 25.9 Å². The monoisotopic (exact) mass is 438 g/mol. The van der Waals surface area contributed by atoms with Gasteiger partial charge in [-0.05, 0) is 25.0 Å². The van der Waals surface area contributed by atoms with Crippen LogP contribution >= 0.6 is 0 Å². The molecule has 2 aliphatic heterocycles. The Kier molecular flexibility index (Phi) is 6.09. The van der Waals surface area contributed by atoms with Crippen LogP contribution < -0.4 is 4.90 Å². The largest absolute Gasteiger partial charge is 0.382 e. The number of rotatable bonds is 5. The number of urea groups is 1. The number of aromatic nitrogens is 3. The average Bonchev–Trinajstić information content (AvgIpc) is 3.33. The van der Waals surface area contributed by atoms with Crippen molar-refractivity contribution in [3.8, 4) is 0 Å². The highest BCUT2D eigenvalue weighted by Gasteiger charge is 2.30. The Morgan fingerprint density at radius 3 is 2.84 bits per heavy atom. The lowest BCUT2D eigenvalue weighted by atomic mass is 10.1. The molecule has 2 saturated heterocycles. The van der Waals surface area contributed by atoms with Gasteiger partial charge in [0.1, 0.15) is 0 Å². The lowest BCUT2D eigenvalue weighted by Crippen LogP contribution is -2.55. The van der Waals surface area contributed by atoms with Crippen molar-refractivity contribution in [2.24, 2.45) is 0 Å². The number of carbonyl (C=O) groups is 1. The summed E-state index contributed by atoms with van der Waals surface area (Å²) in [5.41, 5.74) is 2.92. The van der Waals surface area contributed by atoms with Crippen molar-refractivity contribution >= 4 is 33.7 Å². The molecule has 0 radical (unpaired) electrons. The maximum absolute atomic E-state index is 13.2. The van der Waals surface area contributed by atoms with Gasteiger partial charge in [-0.2, -0.15) is 0 Å². The highest BCUT2D eigenvalue weighted by Crippen LogP contribution is 2.31. The number of nitrogens with one attached hydrogen (secondary N) is 1. The van der Waals surface area contributed by atoms with E-state index in [0.29, 0.717) is 32.8 Å². The number of piperazine rings is 1. The number of likely N-dealkylation sites (tertiary alicyclic amines) is 1. The number of carbonyl (C=O) groups excluding carboxylic acids is 1. The number of fused-ring (bicyclic) bond motifs is 3. The predicted octanol–water partition coefficient (Wildman–Crippen LogP) is 2.48. The summed E-state index contributed by atoms with van der Waals surface area (Å²) in [4.78, 5) is 31.5. The molecule has 1 N–H and O–H groups in total. The van der Waals surface area contributed by atoms with Crippen molar-refractivity contribution in [2.45, 2.75) is 18.9 Å². The Morgan fingerprint density at radius 2 is 2.00 bits per heavy atom. The zero-order valence-electron chi connectivity index (χ0n) is 18.5. The molecule has 0 saturated carbocycles. The summed E-state index contributed by atoms with van der Waals surface area (Å²) in [6, 6.07) is 4.25. The number of H-pyrrole nitrogens is 1. The molecule has 0 bridgehead atoms. The van der Waals surface area contributed by atoms with Crippen molar-refractivity contribution in [3.05, 3.63) is 30.7 Å². The molecule has 0 aromatic carbocycles. The first-order valence-electron chi connectivity index (χ1n) is 11.3. The molecule has 32 heavy (non-hydrogen) atoms. The SMILES string of the molecule is COCCOC1CCCN(C(=O)N2CCN(c3cc[nH]c4cnc5nccc5c34)CC2)C1. The van der Waals surface area contributed by atoms with Crippen molar-refractivity contribution in [1.82, 2.24) is 24.8 Å². The molecule has 0 spiro atoms. The fourth-order valence-corrected chi connectivity index (χ4v) is 4.79. The lowest BCUT2D eigenvalue weighted by molar-refractivity contribution is -0.0158. The number of piperidine rings is 1. The van der Waals surface area contributed by atoms with Gasteiger partial charge in [-0.1, -0.05) is 0 Å². The van der Waals surface area contributed by atoms with Gasteiger partial charge < -0.3 is 29.2 Å². The van der Waals surface area contributed by atoms with Gasteiger partial charge in [-0.3, -0.25) is 0 Å². The summed E-state index contributed by atoms with van der Waals surface area (Å²) in [7, 11) is 1.67. The van der Waals surface area contributed by atoms with Crippen LogP contribution in [-0.2, 0) is 9.47 Å². The quantitative estimate of drug-likeness (QED) is 0.616. The van der Waals surface area contributed by atoms with Crippen molar-refractivity contribution in [2.75, 3.05) is 64.5 Å². The molecule has 170 valence electrons. The number of ether oxygens (including phenoxy) is 2. The van der Waals surface area contributed by atoms with E-state index < -0.39 is 0 Å². The van der Waals surface area contributed by atoms with E-state index in [1.54, 1.807) is 13.3 Å². The Balaban J connectivity index is 1.25. The average molecular weight is 439 g/mol. The number of methoxy groups -OCH3 is 1. The highest BCUT2D eigenvalue weighted by molar-refractivity contribution is 6.10. The fourth-order valence-electron chi connectivity index (χ4n) is 4.79. The zero-order chi connectivity index (χ0) is 21.9. The van der Waals surface area contributed by atoms with Crippen LogP contribution in [0, 0.1) is 0 Å². The minimum Gasteiger partial charge on any atom is -0.382 e. The van der Waals surface area contributed by atoms with E-state index in [9.17, 15) is 4.79 Å². The maximum Gasteiger partial charge on any atom is 0.320 e. The van der Waals surface area contributed by atoms with Crippen LogP contribution in [0.4, 0.5) is 10.5 Å². The number of nitrogens with zero attached hydrogens (tertiary/aromatic N) is 5. The van der Waals surface area contributed by atoms with Crippen LogP contribution in [0.2, 0.25) is 0 Å². The van der Waals surface area contributed by atoms with E-state index in [1.165, 1.54) is 0 Å². The second kappa shape index (κ2) is 9.30. The molecule has 3 aromatic heterocycles. The Hall–Kier alpha value is -2.91. The molecule has 9 nitrogen and oxygen atoms in total. The molecular formula is C23H30N6O3. The van der Waals surface area contributed by atoms with E-state index >= 15 is 0 Å². The standard InChI is InChI=1S/C23H30N6O3/c1-31-13-14-32-17-3-2-8-29(16-17)23(30)28-11-9-27(10-12-28)20-5-7-24-19-15-26-22-18(21(19)20)4-6-25-22/h4-7,15,17,24H,2-3,8-14,16H2,1H3. The third-order valence-electron chi connectivity index (χ3n) is 6.45. The van der Waals surface area contributed by atoms with E-state index in [-0.39, 0.29) is 12.1 Å². The van der Waals surface area contributed by atoms with Crippen molar-refractivity contribution in [3.63, 3.8) is 0 Å². The first-order chi connectivity index (χ1) is 15.7. The number of amides is 2. The first-order valence-corrected chi connectivity index (χ1v) is 11.3.